The fraction of sp³-hybridized carbons (Fsp3) is 0.182. The van der Waals surface area contributed by atoms with Gasteiger partial charge in [0.15, 0.2) is 0 Å². The van der Waals surface area contributed by atoms with E-state index in [4.69, 9.17) is 19.8 Å². The van der Waals surface area contributed by atoms with Crippen molar-refractivity contribution < 1.29 is 19.8 Å². The van der Waals surface area contributed by atoms with E-state index < -0.39 is 11.9 Å². The van der Waals surface area contributed by atoms with Crippen LogP contribution in [0.2, 0.25) is 0 Å². The molecule has 4 aromatic rings. The Morgan fingerprint density at radius 1 is 0.935 bits per heavy atom. The van der Waals surface area contributed by atoms with Gasteiger partial charge in [0, 0.05) is 24.8 Å². The standard InChI is InChI=1S/C20H21N5.C2H2O4/c1-2-8-19(9-3-1)25-22-16-18(23-25)15-21-12-6-13-24-14-11-17-7-4-5-10-20(17)24;3-1(4)2(5)6/h1-5,7-11,14,16,21H,6,12-13,15H2;(H,3,4)(H,5,6). The first-order valence-electron chi connectivity index (χ1n) is 9.72. The Morgan fingerprint density at radius 3 is 2.39 bits per heavy atom. The summed E-state index contributed by atoms with van der Waals surface area (Å²) in [5.74, 6) is -3.65. The summed E-state index contributed by atoms with van der Waals surface area (Å²) in [5, 5.41) is 28.4. The molecule has 9 nitrogen and oxygen atoms in total. The highest BCUT2D eigenvalue weighted by Crippen LogP contribution is 2.15. The summed E-state index contributed by atoms with van der Waals surface area (Å²) < 4.78 is 2.31. The number of aromatic nitrogens is 4. The quantitative estimate of drug-likeness (QED) is 0.310. The van der Waals surface area contributed by atoms with Crippen LogP contribution in [0.3, 0.4) is 0 Å². The van der Waals surface area contributed by atoms with E-state index in [9.17, 15) is 0 Å². The summed E-state index contributed by atoms with van der Waals surface area (Å²) in [5.41, 5.74) is 3.23. The van der Waals surface area contributed by atoms with Gasteiger partial charge in [-0.3, -0.25) is 0 Å². The highest BCUT2D eigenvalue weighted by Gasteiger charge is 2.04. The summed E-state index contributed by atoms with van der Waals surface area (Å²) in [6.07, 6.45) is 5.06. The monoisotopic (exact) mass is 421 g/mol. The minimum atomic E-state index is -1.82. The molecule has 0 saturated heterocycles. The van der Waals surface area contributed by atoms with E-state index >= 15 is 0 Å². The lowest BCUT2D eigenvalue weighted by Crippen LogP contribution is -2.17. The van der Waals surface area contributed by atoms with Gasteiger partial charge in [0.1, 0.15) is 0 Å². The zero-order valence-electron chi connectivity index (χ0n) is 16.8. The number of hydrogen-bond acceptors (Lipinski definition) is 5. The first-order valence-corrected chi connectivity index (χ1v) is 9.72. The lowest BCUT2D eigenvalue weighted by molar-refractivity contribution is -0.159. The zero-order valence-corrected chi connectivity index (χ0v) is 16.8. The smallest absolute Gasteiger partial charge is 0.414 e. The largest absolute Gasteiger partial charge is 0.473 e. The summed E-state index contributed by atoms with van der Waals surface area (Å²) in [6, 6.07) is 20.6. The number of benzene rings is 2. The fourth-order valence-corrected chi connectivity index (χ4v) is 2.99. The van der Waals surface area contributed by atoms with Crippen LogP contribution in [-0.4, -0.2) is 48.3 Å². The van der Waals surface area contributed by atoms with E-state index in [1.807, 2.05) is 36.5 Å². The van der Waals surface area contributed by atoms with E-state index in [1.54, 1.807) is 4.80 Å². The van der Waals surface area contributed by atoms with Gasteiger partial charge >= 0.3 is 11.9 Å². The number of nitrogens with zero attached hydrogens (tertiary/aromatic N) is 4. The Bertz CT molecular complexity index is 1120. The molecule has 0 aliphatic carbocycles. The fourth-order valence-electron chi connectivity index (χ4n) is 2.99. The van der Waals surface area contributed by atoms with Crippen LogP contribution in [0, 0.1) is 0 Å². The zero-order chi connectivity index (χ0) is 22.1. The second-order valence-corrected chi connectivity index (χ2v) is 6.67. The molecule has 9 heteroatoms. The molecule has 0 unspecified atom stereocenters. The average Bonchev–Trinajstić information content (AvgIpc) is 3.42. The molecule has 0 fully saturated rings. The Labute approximate surface area is 178 Å². The van der Waals surface area contributed by atoms with Crippen molar-refractivity contribution >= 4 is 22.8 Å². The molecule has 31 heavy (non-hydrogen) atoms. The van der Waals surface area contributed by atoms with Crippen LogP contribution >= 0.6 is 0 Å². The number of hydrogen-bond donors (Lipinski definition) is 3. The first-order chi connectivity index (χ1) is 15.0. The molecule has 160 valence electrons. The lowest BCUT2D eigenvalue weighted by atomic mass is 10.2. The molecule has 0 saturated carbocycles. The molecular weight excluding hydrogens is 398 g/mol. The molecule has 0 spiro atoms. The highest BCUT2D eigenvalue weighted by molar-refractivity contribution is 6.27. The molecule has 2 aromatic heterocycles. The molecule has 0 atom stereocenters. The number of aliphatic carboxylic acids is 2. The van der Waals surface area contributed by atoms with E-state index in [0.29, 0.717) is 0 Å². The van der Waals surface area contributed by atoms with Crippen LogP contribution in [0.25, 0.3) is 16.6 Å². The highest BCUT2D eigenvalue weighted by atomic mass is 16.4. The number of aryl methyl sites for hydroxylation is 1. The second-order valence-electron chi connectivity index (χ2n) is 6.67. The Balaban J connectivity index is 0.000000401. The van der Waals surface area contributed by atoms with Gasteiger partial charge in [-0.2, -0.15) is 15.0 Å². The van der Waals surface area contributed by atoms with Gasteiger partial charge in [-0.25, -0.2) is 9.59 Å². The van der Waals surface area contributed by atoms with Crippen molar-refractivity contribution in [1.29, 1.82) is 0 Å². The predicted molar refractivity (Wildman–Crippen MR) is 115 cm³/mol. The van der Waals surface area contributed by atoms with Crippen molar-refractivity contribution in [3.63, 3.8) is 0 Å². The topological polar surface area (TPSA) is 122 Å². The number of para-hydroxylation sites is 2. The van der Waals surface area contributed by atoms with Crippen molar-refractivity contribution in [3.8, 4) is 5.69 Å². The van der Waals surface area contributed by atoms with Gasteiger partial charge in [0.25, 0.3) is 0 Å². The van der Waals surface area contributed by atoms with Crippen LogP contribution in [0.15, 0.2) is 73.1 Å². The van der Waals surface area contributed by atoms with Crippen molar-refractivity contribution in [2.75, 3.05) is 6.54 Å². The number of carbonyl (C=O) groups is 2. The molecule has 0 aliphatic heterocycles. The number of carboxylic acid groups (broad SMARTS) is 2. The summed E-state index contributed by atoms with van der Waals surface area (Å²) in [4.78, 5) is 19.9. The van der Waals surface area contributed by atoms with Crippen LogP contribution < -0.4 is 5.32 Å². The van der Waals surface area contributed by atoms with Crippen LogP contribution in [0.5, 0.6) is 0 Å². The Hall–Kier alpha value is -3.98. The van der Waals surface area contributed by atoms with E-state index in [-0.39, 0.29) is 0 Å². The third kappa shape index (κ3) is 6.25. The first kappa shape index (κ1) is 21.7. The van der Waals surface area contributed by atoms with Crippen molar-refractivity contribution in [2.24, 2.45) is 0 Å². The van der Waals surface area contributed by atoms with Gasteiger partial charge in [0.05, 0.1) is 17.6 Å². The molecule has 2 aromatic carbocycles. The maximum Gasteiger partial charge on any atom is 0.414 e. The summed E-state index contributed by atoms with van der Waals surface area (Å²) >= 11 is 0. The average molecular weight is 421 g/mol. The molecule has 0 amide bonds. The van der Waals surface area contributed by atoms with Gasteiger partial charge < -0.3 is 20.1 Å². The normalized spacial score (nSPS) is 10.5. The van der Waals surface area contributed by atoms with Gasteiger partial charge in [0.2, 0.25) is 0 Å². The van der Waals surface area contributed by atoms with E-state index in [0.717, 1.165) is 37.4 Å². The molecule has 2 heterocycles. The van der Waals surface area contributed by atoms with Gasteiger partial charge in [-0.05, 0) is 42.6 Å². The number of fused-ring (bicyclic) bond motifs is 1. The third-order valence-corrected chi connectivity index (χ3v) is 4.45. The minimum absolute atomic E-state index is 0.735. The third-order valence-electron chi connectivity index (χ3n) is 4.45. The lowest BCUT2D eigenvalue weighted by Gasteiger charge is -2.06. The van der Waals surface area contributed by atoms with Gasteiger partial charge in [-0.1, -0.05) is 36.4 Å². The maximum absolute atomic E-state index is 9.10. The van der Waals surface area contributed by atoms with E-state index in [1.165, 1.54) is 10.9 Å². The number of rotatable bonds is 7. The maximum atomic E-state index is 9.10. The minimum Gasteiger partial charge on any atom is -0.473 e. The van der Waals surface area contributed by atoms with Crippen LogP contribution in [-0.2, 0) is 22.7 Å². The van der Waals surface area contributed by atoms with Crippen molar-refractivity contribution in [3.05, 3.63) is 78.8 Å². The number of nitrogens with one attached hydrogen (secondary N) is 1. The molecule has 4 rings (SSSR count). The Morgan fingerprint density at radius 2 is 1.65 bits per heavy atom. The SMILES string of the molecule is O=C(O)C(=O)O.c1ccc(-n2ncc(CNCCCn3ccc4ccccc43)n2)cc1. The molecule has 0 radical (unpaired) electrons. The van der Waals surface area contributed by atoms with Crippen molar-refractivity contribution in [1.82, 2.24) is 24.9 Å². The number of carboxylic acids is 2. The molecule has 0 aliphatic rings. The molecular formula is C22H23N5O4. The summed E-state index contributed by atoms with van der Waals surface area (Å²) in [6.45, 7) is 2.70. The van der Waals surface area contributed by atoms with Gasteiger partial charge in [-0.15, -0.1) is 0 Å². The van der Waals surface area contributed by atoms with Crippen LogP contribution in [0.4, 0.5) is 0 Å². The van der Waals surface area contributed by atoms with Crippen LogP contribution in [0.1, 0.15) is 12.1 Å². The van der Waals surface area contributed by atoms with E-state index in [2.05, 4.69) is 56.6 Å². The molecule has 0 bridgehead atoms. The molecule has 3 N–H and O–H groups in total. The Kier molecular flexibility index (Phi) is 7.50. The predicted octanol–water partition coefficient (Wildman–Crippen LogP) is 2.56. The summed E-state index contributed by atoms with van der Waals surface area (Å²) in [7, 11) is 0. The second kappa shape index (κ2) is 10.7. The van der Waals surface area contributed by atoms with Crippen molar-refractivity contribution in [2.45, 2.75) is 19.5 Å².